The first-order valence-electron chi connectivity index (χ1n) is 7.57. The molecule has 0 aromatic heterocycles. The molecule has 1 aromatic rings. The zero-order valence-corrected chi connectivity index (χ0v) is 14.3. The number of nitro groups is 1. The lowest BCUT2D eigenvalue weighted by Crippen LogP contribution is -2.47. The molecule has 1 saturated heterocycles. The lowest BCUT2D eigenvalue weighted by molar-refractivity contribution is -0.384. The average molecular weight is 370 g/mol. The Balaban J connectivity index is 1.76. The molecule has 2 aliphatic rings. The second-order valence-electron chi connectivity index (χ2n) is 5.90. The Kier molecular flexibility index (Phi) is 4.96. The zero-order chi connectivity index (χ0) is 17.3. The van der Waals surface area contributed by atoms with Crippen molar-refractivity contribution >= 4 is 40.9 Å². The van der Waals surface area contributed by atoms with E-state index < -0.39 is 16.9 Å². The molecule has 3 rings (SSSR count). The summed E-state index contributed by atoms with van der Waals surface area (Å²) in [5.41, 5.74) is -0.155. The summed E-state index contributed by atoms with van der Waals surface area (Å²) < 4.78 is 0. The minimum absolute atomic E-state index is 0.0494. The van der Waals surface area contributed by atoms with Gasteiger partial charge in [0.1, 0.15) is 6.04 Å². The smallest absolute Gasteiger partial charge is 0.270 e. The molecular weight excluding hydrogens is 354 g/mol. The van der Waals surface area contributed by atoms with Gasteiger partial charge in [-0.05, 0) is 24.8 Å². The van der Waals surface area contributed by atoms with Gasteiger partial charge in [0.05, 0.1) is 21.4 Å². The number of nitrogens with one attached hydrogen (secondary N) is 1. The van der Waals surface area contributed by atoms with Gasteiger partial charge in [-0.15, -0.1) is 11.8 Å². The van der Waals surface area contributed by atoms with E-state index in [1.807, 2.05) is 0 Å². The van der Waals surface area contributed by atoms with E-state index in [0.717, 1.165) is 18.9 Å². The van der Waals surface area contributed by atoms with E-state index in [4.69, 9.17) is 11.6 Å². The van der Waals surface area contributed by atoms with Crippen molar-refractivity contribution in [2.24, 2.45) is 5.92 Å². The van der Waals surface area contributed by atoms with E-state index in [0.29, 0.717) is 24.1 Å². The van der Waals surface area contributed by atoms with Gasteiger partial charge in [0.25, 0.3) is 11.6 Å². The molecule has 1 unspecified atom stereocenters. The lowest BCUT2D eigenvalue weighted by atomic mass is 10.1. The first-order valence-corrected chi connectivity index (χ1v) is 9.11. The van der Waals surface area contributed by atoms with Crippen LogP contribution in [0.25, 0.3) is 0 Å². The first-order chi connectivity index (χ1) is 11.5. The number of carbonyl (C=O) groups is 2. The van der Waals surface area contributed by atoms with E-state index >= 15 is 0 Å². The number of benzene rings is 1. The standard InChI is InChI=1S/C15H16ClN3O4S/c16-12-4-3-10(19(22)23)5-11(12)15(21)18-8-24-7-13(18)14(20)17-6-9-1-2-9/h3-5,9,13H,1-2,6-8H2,(H,17,20). The van der Waals surface area contributed by atoms with Gasteiger partial charge in [0.2, 0.25) is 5.91 Å². The maximum Gasteiger partial charge on any atom is 0.270 e. The second kappa shape index (κ2) is 6.98. The highest BCUT2D eigenvalue weighted by Gasteiger charge is 2.36. The SMILES string of the molecule is O=C(NCC1CC1)C1CSCN1C(=O)c1cc([N+](=O)[O-])ccc1Cl. The van der Waals surface area contributed by atoms with Gasteiger partial charge in [-0.2, -0.15) is 0 Å². The average Bonchev–Trinajstić information content (AvgIpc) is 3.26. The van der Waals surface area contributed by atoms with Crippen molar-refractivity contribution in [2.45, 2.75) is 18.9 Å². The topological polar surface area (TPSA) is 92.6 Å². The Hall–Kier alpha value is -1.80. The number of halogens is 1. The monoisotopic (exact) mass is 369 g/mol. The maximum absolute atomic E-state index is 12.7. The van der Waals surface area contributed by atoms with Gasteiger partial charge < -0.3 is 10.2 Å². The Morgan fingerprint density at radius 3 is 2.83 bits per heavy atom. The van der Waals surface area contributed by atoms with Crippen molar-refractivity contribution in [1.82, 2.24) is 10.2 Å². The minimum atomic E-state index is -0.578. The van der Waals surface area contributed by atoms with E-state index in [1.54, 1.807) is 0 Å². The maximum atomic E-state index is 12.7. The number of hydrogen-bond donors (Lipinski definition) is 1. The van der Waals surface area contributed by atoms with Gasteiger partial charge in [-0.3, -0.25) is 19.7 Å². The molecular formula is C15H16ClN3O4S. The quantitative estimate of drug-likeness (QED) is 0.635. The summed E-state index contributed by atoms with van der Waals surface area (Å²) >= 11 is 7.51. The molecule has 1 saturated carbocycles. The number of nitrogens with zero attached hydrogens (tertiary/aromatic N) is 2. The fourth-order valence-corrected chi connectivity index (χ4v) is 3.84. The molecule has 1 heterocycles. The number of carbonyl (C=O) groups excluding carboxylic acids is 2. The third-order valence-electron chi connectivity index (χ3n) is 4.10. The van der Waals surface area contributed by atoms with Crippen molar-refractivity contribution in [1.29, 1.82) is 0 Å². The van der Waals surface area contributed by atoms with Crippen LogP contribution in [0.3, 0.4) is 0 Å². The highest BCUT2D eigenvalue weighted by molar-refractivity contribution is 7.99. The lowest BCUT2D eigenvalue weighted by Gasteiger charge is -2.23. The van der Waals surface area contributed by atoms with E-state index in [-0.39, 0.29) is 22.2 Å². The summed E-state index contributed by atoms with van der Waals surface area (Å²) in [4.78, 5) is 36.8. The van der Waals surface area contributed by atoms with Crippen LogP contribution >= 0.6 is 23.4 Å². The normalized spacial score (nSPS) is 20.0. The number of rotatable bonds is 5. The molecule has 7 nitrogen and oxygen atoms in total. The van der Waals surface area contributed by atoms with Crippen molar-refractivity contribution in [3.05, 3.63) is 38.9 Å². The summed E-state index contributed by atoms with van der Waals surface area (Å²) in [6.07, 6.45) is 2.26. The largest absolute Gasteiger partial charge is 0.354 e. The van der Waals surface area contributed by atoms with Crippen LogP contribution in [-0.2, 0) is 4.79 Å². The summed E-state index contributed by atoms with van der Waals surface area (Å²) in [6.45, 7) is 0.638. The fraction of sp³-hybridized carbons (Fsp3) is 0.467. The van der Waals surface area contributed by atoms with Crippen molar-refractivity contribution < 1.29 is 14.5 Å². The van der Waals surface area contributed by atoms with Crippen LogP contribution in [0.5, 0.6) is 0 Å². The zero-order valence-electron chi connectivity index (χ0n) is 12.7. The van der Waals surface area contributed by atoms with Crippen molar-refractivity contribution in [3.63, 3.8) is 0 Å². The Labute approximate surface area is 147 Å². The molecule has 1 aliphatic heterocycles. The van der Waals surface area contributed by atoms with Crippen LogP contribution in [0, 0.1) is 16.0 Å². The predicted octanol–water partition coefficient (Wildman–Crippen LogP) is 2.29. The Bertz CT molecular complexity index is 695. The van der Waals surface area contributed by atoms with Gasteiger partial charge >= 0.3 is 0 Å². The van der Waals surface area contributed by atoms with Crippen LogP contribution in [0.4, 0.5) is 5.69 Å². The van der Waals surface area contributed by atoms with Crippen LogP contribution in [-0.4, -0.2) is 45.9 Å². The van der Waals surface area contributed by atoms with Crippen LogP contribution in [0.1, 0.15) is 23.2 Å². The molecule has 0 radical (unpaired) electrons. The minimum Gasteiger partial charge on any atom is -0.354 e. The van der Waals surface area contributed by atoms with Gasteiger partial charge in [-0.25, -0.2) is 0 Å². The summed E-state index contributed by atoms with van der Waals surface area (Å²) in [5, 5.41) is 13.9. The summed E-state index contributed by atoms with van der Waals surface area (Å²) in [5.74, 6) is 0.786. The highest BCUT2D eigenvalue weighted by Crippen LogP contribution is 2.30. The third-order valence-corrected chi connectivity index (χ3v) is 5.44. The highest BCUT2D eigenvalue weighted by atomic mass is 35.5. The number of non-ortho nitro benzene ring substituents is 1. The molecule has 24 heavy (non-hydrogen) atoms. The van der Waals surface area contributed by atoms with E-state index in [2.05, 4.69) is 5.32 Å². The fourth-order valence-electron chi connectivity index (χ4n) is 2.49. The number of hydrogen-bond acceptors (Lipinski definition) is 5. The molecule has 1 aromatic carbocycles. The van der Waals surface area contributed by atoms with E-state index in [1.165, 1.54) is 28.8 Å². The van der Waals surface area contributed by atoms with Crippen molar-refractivity contribution in [2.75, 3.05) is 18.2 Å². The predicted molar refractivity (Wildman–Crippen MR) is 91.1 cm³/mol. The molecule has 128 valence electrons. The van der Waals surface area contributed by atoms with Gasteiger partial charge in [0.15, 0.2) is 0 Å². The molecule has 2 amide bonds. The first kappa shape index (κ1) is 17.0. The van der Waals surface area contributed by atoms with Crippen LogP contribution in [0.15, 0.2) is 18.2 Å². The van der Waals surface area contributed by atoms with Crippen molar-refractivity contribution in [3.8, 4) is 0 Å². The second-order valence-corrected chi connectivity index (χ2v) is 7.31. The van der Waals surface area contributed by atoms with Crippen LogP contribution in [0.2, 0.25) is 5.02 Å². The summed E-state index contributed by atoms with van der Waals surface area (Å²) in [6, 6.07) is 3.17. The molecule has 1 N–H and O–H groups in total. The Morgan fingerprint density at radius 2 is 2.17 bits per heavy atom. The number of thioether (sulfide) groups is 1. The van der Waals surface area contributed by atoms with E-state index in [9.17, 15) is 19.7 Å². The Morgan fingerprint density at radius 1 is 1.42 bits per heavy atom. The summed E-state index contributed by atoms with van der Waals surface area (Å²) in [7, 11) is 0. The number of amides is 2. The molecule has 0 spiro atoms. The number of nitro benzene ring substituents is 1. The molecule has 1 aliphatic carbocycles. The van der Waals surface area contributed by atoms with Crippen LogP contribution < -0.4 is 5.32 Å². The molecule has 0 bridgehead atoms. The molecule has 1 atom stereocenters. The van der Waals surface area contributed by atoms with Gasteiger partial charge in [0, 0.05) is 24.4 Å². The van der Waals surface area contributed by atoms with Gasteiger partial charge in [-0.1, -0.05) is 11.6 Å². The third kappa shape index (κ3) is 3.64. The molecule has 2 fully saturated rings. The molecule has 9 heteroatoms.